The minimum atomic E-state index is 0.859. The van der Waals surface area contributed by atoms with Gasteiger partial charge >= 0.3 is 0 Å². The van der Waals surface area contributed by atoms with Gasteiger partial charge in [0.05, 0.1) is 11.4 Å². The minimum absolute atomic E-state index is 0.859. The van der Waals surface area contributed by atoms with Crippen molar-refractivity contribution < 1.29 is 0 Å². The topological polar surface area (TPSA) is 29.9 Å². The summed E-state index contributed by atoms with van der Waals surface area (Å²) in [7, 11) is 1.95. The van der Waals surface area contributed by atoms with E-state index >= 15 is 0 Å². The molecule has 90 valence electrons. The second kappa shape index (κ2) is 5.02. The molecular weight excluding hydrogens is 278 g/mol. The Morgan fingerprint density at radius 1 is 1.29 bits per heavy atom. The van der Waals surface area contributed by atoms with Crippen molar-refractivity contribution in [3.63, 3.8) is 0 Å². The third kappa shape index (κ3) is 2.58. The molecule has 3 nitrogen and oxygen atoms in total. The van der Waals surface area contributed by atoms with Crippen molar-refractivity contribution in [1.82, 2.24) is 15.1 Å². The van der Waals surface area contributed by atoms with Gasteiger partial charge in [-0.25, -0.2) is 4.68 Å². The monoisotopic (exact) mass is 293 g/mol. The Hall–Kier alpha value is -1.13. The second-order valence-electron chi connectivity index (χ2n) is 4.14. The first-order valence-electron chi connectivity index (χ1n) is 5.58. The number of nitrogens with one attached hydrogen (secondary N) is 1. The zero-order chi connectivity index (χ0) is 12.4. The maximum absolute atomic E-state index is 4.48. The summed E-state index contributed by atoms with van der Waals surface area (Å²) < 4.78 is 3.07. The highest BCUT2D eigenvalue weighted by Gasteiger charge is 2.06. The number of hydrogen-bond acceptors (Lipinski definition) is 2. The predicted octanol–water partition coefficient (Wildman–Crippen LogP) is 2.97. The van der Waals surface area contributed by atoms with E-state index in [0.29, 0.717) is 0 Å². The fourth-order valence-corrected chi connectivity index (χ4v) is 2.40. The van der Waals surface area contributed by atoms with Crippen molar-refractivity contribution in [2.24, 2.45) is 0 Å². The van der Waals surface area contributed by atoms with E-state index in [9.17, 15) is 0 Å². The smallest absolute Gasteiger partial charge is 0.0660 e. The lowest BCUT2D eigenvalue weighted by Crippen LogP contribution is -2.06. The number of nitrogens with zero attached hydrogens (tertiary/aromatic N) is 2. The first kappa shape index (κ1) is 12.3. The molecule has 0 fully saturated rings. The Labute approximate surface area is 110 Å². The van der Waals surface area contributed by atoms with Gasteiger partial charge in [0.1, 0.15) is 0 Å². The van der Waals surface area contributed by atoms with Crippen molar-refractivity contribution in [1.29, 1.82) is 0 Å². The molecule has 2 rings (SSSR count). The Morgan fingerprint density at radius 3 is 2.59 bits per heavy atom. The van der Waals surface area contributed by atoms with Gasteiger partial charge in [-0.15, -0.1) is 0 Å². The number of rotatable bonds is 3. The molecule has 0 aliphatic carbocycles. The lowest BCUT2D eigenvalue weighted by molar-refractivity contribution is 0.806. The predicted molar refractivity (Wildman–Crippen MR) is 73.5 cm³/mol. The molecule has 0 radical (unpaired) electrons. The third-order valence-corrected chi connectivity index (χ3v) is 3.40. The molecule has 1 heterocycles. The van der Waals surface area contributed by atoms with Gasteiger partial charge in [0, 0.05) is 16.7 Å². The quantitative estimate of drug-likeness (QED) is 0.943. The Bertz CT molecular complexity index is 531. The van der Waals surface area contributed by atoms with Crippen LogP contribution in [0.1, 0.15) is 17.0 Å². The Kier molecular flexibility index (Phi) is 3.64. The van der Waals surface area contributed by atoms with E-state index in [-0.39, 0.29) is 0 Å². The third-order valence-electron chi connectivity index (χ3n) is 2.66. The van der Waals surface area contributed by atoms with Crippen molar-refractivity contribution in [2.75, 3.05) is 7.05 Å². The highest BCUT2D eigenvalue weighted by Crippen LogP contribution is 2.21. The summed E-state index contributed by atoms with van der Waals surface area (Å²) >= 11 is 3.60. The van der Waals surface area contributed by atoms with E-state index in [0.717, 1.165) is 28.1 Å². The van der Waals surface area contributed by atoms with Crippen LogP contribution >= 0.6 is 15.9 Å². The van der Waals surface area contributed by atoms with Crippen LogP contribution in [0, 0.1) is 13.8 Å². The second-order valence-corrected chi connectivity index (χ2v) is 5.00. The molecule has 0 unspecified atom stereocenters. The van der Waals surface area contributed by atoms with Gasteiger partial charge in [-0.1, -0.05) is 22.0 Å². The molecule has 0 bridgehead atoms. The molecule has 1 aromatic heterocycles. The first-order valence-corrected chi connectivity index (χ1v) is 6.38. The van der Waals surface area contributed by atoms with Crippen LogP contribution in [0.15, 0.2) is 28.7 Å². The van der Waals surface area contributed by atoms with Gasteiger partial charge in [0.25, 0.3) is 0 Å². The van der Waals surface area contributed by atoms with Crippen LogP contribution in [0.2, 0.25) is 0 Å². The summed E-state index contributed by atoms with van der Waals surface area (Å²) in [6.07, 6.45) is 0. The van der Waals surface area contributed by atoms with Crippen LogP contribution in [0.5, 0.6) is 0 Å². The number of halogens is 1. The van der Waals surface area contributed by atoms with Gasteiger partial charge in [-0.05, 0) is 44.7 Å². The number of aryl methyl sites for hydroxylation is 2. The van der Waals surface area contributed by atoms with Crippen LogP contribution in [-0.4, -0.2) is 16.8 Å². The van der Waals surface area contributed by atoms with Gasteiger partial charge in [-0.3, -0.25) is 0 Å². The fraction of sp³-hybridized carbons (Fsp3) is 0.308. The van der Waals surface area contributed by atoms with Crippen LogP contribution < -0.4 is 5.32 Å². The van der Waals surface area contributed by atoms with Crippen molar-refractivity contribution in [2.45, 2.75) is 20.4 Å². The Morgan fingerprint density at radius 2 is 2.06 bits per heavy atom. The standard InChI is InChI=1S/C13H16BrN3/c1-9-6-10(2)17(16-9)12-5-4-11(8-15-3)13(14)7-12/h4-7,15H,8H2,1-3H3. The van der Waals surface area contributed by atoms with Crippen molar-refractivity contribution in [3.05, 3.63) is 45.7 Å². The number of benzene rings is 1. The van der Waals surface area contributed by atoms with E-state index in [1.165, 1.54) is 5.56 Å². The molecule has 1 N–H and O–H groups in total. The zero-order valence-electron chi connectivity index (χ0n) is 10.3. The van der Waals surface area contributed by atoms with Crippen LogP contribution in [-0.2, 0) is 6.54 Å². The maximum atomic E-state index is 4.48. The van der Waals surface area contributed by atoms with Gasteiger partial charge in [0.15, 0.2) is 0 Å². The average Bonchev–Trinajstić information content (AvgIpc) is 2.61. The minimum Gasteiger partial charge on any atom is -0.316 e. The normalized spacial score (nSPS) is 10.8. The summed E-state index contributed by atoms with van der Waals surface area (Å²) in [4.78, 5) is 0. The van der Waals surface area contributed by atoms with Gasteiger partial charge in [0.2, 0.25) is 0 Å². The van der Waals surface area contributed by atoms with Crippen LogP contribution in [0.4, 0.5) is 0 Å². The van der Waals surface area contributed by atoms with Gasteiger partial charge in [-0.2, -0.15) is 5.10 Å². The molecule has 0 spiro atoms. The molecule has 0 atom stereocenters. The molecule has 0 saturated carbocycles. The average molecular weight is 294 g/mol. The lowest BCUT2D eigenvalue weighted by Gasteiger charge is -2.08. The fourth-order valence-electron chi connectivity index (χ4n) is 1.89. The molecule has 4 heteroatoms. The lowest BCUT2D eigenvalue weighted by atomic mass is 10.2. The van der Waals surface area contributed by atoms with Gasteiger partial charge < -0.3 is 5.32 Å². The van der Waals surface area contributed by atoms with E-state index in [2.05, 4.69) is 57.5 Å². The molecule has 2 aromatic rings. The molecule has 0 saturated heterocycles. The first-order chi connectivity index (χ1) is 8.11. The molecule has 0 amide bonds. The maximum Gasteiger partial charge on any atom is 0.0660 e. The van der Waals surface area contributed by atoms with E-state index in [1.807, 2.05) is 18.7 Å². The summed E-state index contributed by atoms with van der Waals surface area (Å²) in [5.41, 5.74) is 4.52. The summed E-state index contributed by atoms with van der Waals surface area (Å²) in [6.45, 7) is 4.93. The van der Waals surface area contributed by atoms with E-state index in [1.54, 1.807) is 0 Å². The molecule has 0 aliphatic rings. The molecule has 0 aliphatic heterocycles. The van der Waals surface area contributed by atoms with Crippen molar-refractivity contribution in [3.8, 4) is 5.69 Å². The van der Waals surface area contributed by atoms with E-state index in [4.69, 9.17) is 0 Å². The Balaban J connectivity index is 2.41. The van der Waals surface area contributed by atoms with Crippen LogP contribution in [0.3, 0.4) is 0 Å². The summed E-state index contributed by atoms with van der Waals surface area (Å²) in [6, 6.07) is 8.39. The summed E-state index contributed by atoms with van der Waals surface area (Å²) in [5, 5.41) is 7.62. The highest BCUT2D eigenvalue weighted by molar-refractivity contribution is 9.10. The molecular formula is C13H16BrN3. The largest absolute Gasteiger partial charge is 0.316 e. The van der Waals surface area contributed by atoms with Crippen molar-refractivity contribution >= 4 is 15.9 Å². The van der Waals surface area contributed by atoms with E-state index < -0.39 is 0 Å². The molecule has 1 aromatic carbocycles. The number of hydrogen-bond donors (Lipinski definition) is 1. The number of aromatic nitrogens is 2. The molecule has 17 heavy (non-hydrogen) atoms. The summed E-state index contributed by atoms with van der Waals surface area (Å²) in [5.74, 6) is 0. The SMILES string of the molecule is CNCc1ccc(-n2nc(C)cc2C)cc1Br. The van der Waals surface area contributed by atoms with Crippen LogP contribution in [0.25, 0.3) is 5.69 Å². The highest BCUT2D eigenvalue weighted by atomic mass is 79.9. The zero-order valence-corrected chi connectivity index (χ0v) is 11.9.